The van der Waals surface area contributed by atoms with Crippen LogP contribution in [0, 0.1) is 6.92 Å². The van der Waals surface area contributed by atoms with Crippen molar-refractivity contribution in [3.8, 4) is 0 Å². The number of rotatable bonds is 1. The van der Waals surface area contributed by atoms with Gasteiger partial charge in [-0.2, -0.15) is 13.2 Å². The van der Waals surface area contributed by atoms with Gasteiger partial charge >= 0.3 is 6.18 Å². The lowest BCUT2D eigenvalue weighted by Gasteiger charge is -2.12. The molecular weight excluding hydrogens is 267 g/mol. The summed E-state index contributed by atoms with van der Waals surface area (Å²) in [6.45, 7) is 1.73. The molecule has 0 aliphatic carbocycles. The summed E-state index contributed by atoms with van der Waals surface area (Å²) in [6.07, 6.45) is -4.36. The average molecular weight is 274 g/mol. The molecule has 6 heteroatoms. The molecule has 0 saturated carbocycles. The molecule has 13 heavy (non-hydrogen) atoms. The quantitative estimate of drug-likeness (QED) is 0.834. The van der Waals surface area contributed by atoms with Gasteiger partial charge in [0.2, 0.25) is 0 Å². The second kappa shape index (κ2) is 3.59. The van der Waals surface area contributed by atoms with Gasteiger partial charge in [0.05, 0.1) is 3.79 Å². The number of hydrogen-bond acceptors (Lipinski definition) is 2. The highest BCUT2D eigenvalue weighted by molar-refractivity contribution is 9.11. The monoisotopic (exact) mass is 273 g/mol. The summed E-state index contributed by atoms with van der Waals surface area (Å²) < 4.78 is 37.1. The van der Waals surface area contributed by atoms with Gasteiger partial charge in [-0.25, -0.2) is 0 Å². The van der Waals surface area contributed by atoms with Gasteiger partial charge < -0.3 is 5.73 Å². The van der Waals surface area contributed by atoms with Crippen molar-refractivity contribution in [1.29, 1.82) is 0 Å². The molecule has 0 saturated heterocycles. The molecule has 0 fully saturated rings. The Morgan fingerprint density at radius 3 is 2.38 bits per heavy atom. The molecular formula is C7H7BrF3NS. The maximum atomic E-state index is 12.1. The number of thiophene rings is 1. The van der Waals surface area contributed by atoms with E-state index in [1.165, 1.54) is 6.07 Å². The Balaban J connectivity index is 2.96. The molecule has 0 unspecified atom stereocenters. The summed E-state index contributed by atoms with van der Waals surface area (Å²) in [4.78, 5) is 0.136. The molecule has 0 aliphatic heterocycles. The molecule has 74 valence electrons. The molecule has 1 aromatic rings. The summed E-state index contributed by atoms with van der Waals surface area (Å²) in [7, 11) is 0. The van der Waals surface area contributed by atoms with Crippen LogP contribution < -0.4 is 5.73 Å². The maximum absolute atomic E-state index is 12.1. The molecule has 1 rings (SSSR count). The number of hydrogen-bond donors (Lipinski definition) is 1. The standard InChI is InChI=1S/C7H7BrF3NS/c1-3-2-4(13-6(3)8)5(12)7(9,10)11/h2,5H,12H2,1H3/t5-/m0/s1. The Bertz CT molecular complexity index is 288. The molecule has 1 nitrogen and oxygen atoms in total. The second-order valence-electron chi connectivity index (χ2n) is 2.62. The summed E-state index contributed by atoms with van der Waals surface area (Å²) in [5, 5.41) is 0. The van der Waals surface area contributed by atoms with Crippen LogP contribution in [0.2, 0.25) is 0 Å². The first-order valence-corrected chi connectivity index (χ1v) is 5.01. The van der Waals surface area contributed by atoms with E-state index in [0.29, 0.717) is 3.79 Å². The Morgan fingerprint density at radius 1 is 1.54 bits per heavy atom. The molecule has 2 N–H and O–H groups in total. The van der Waals surface area contributed by atoms with E-state index >= 15 is 0 Å². The molecule has 0 bridgehead atoms. The van der Waals surface area contributed by atoms with E-state index in [1.54, 1.807) is 6.92 Å². The van der Waals surface area contributed by atoms with Crippen LogP contribution in [0.15, 0.2) is 9.85 Å². The summed E-state index contributed by atoms with van der Waals surface area (Å²) in [5.41, 5.74) is 5.80. The number of aryl methyl sites for hydroxylation is 1. The predicted molar refractivity (Wildman–Crippen MR) is 49.7 cm³/mol. The molecule has 0 spiro atoms. The van der Waals surface area contributed by atoms with E-state index in [0.717, 1.165) is 16.9 Å². The van der Waals surface area contributed by atoms with E-state index in [2.05, 4.69) is 15.9 Å². The summed E-state index contributed by atoms with van der Waals surface area (Å²) in [6, 6.07) is -0.421. The lowest BCUT2D eigenvalue weighted by atomic mass is 10.2. The van der Waals surface area contributed by atoms with E-state index < -0.39 is 12.2 Å². The zero-order valence-corrected chi connectivity index (χ0v) is 9.05. The zero-order chi connectivity index (χ0) is 10.2. The van der Waals surface area contributed by atoms with Gasteiger partial charge in [0, 0.05) is 4.88 Å². The minimum Gasteiger partial charge on any atom is -0.316 e. The molecule has 0 radical (unpaired) electrons. The largest absolute Gasteiger partial charge is 0.408 e. The Morgan fingerprint density at radius 2 is 2.08 bits per heavy atom. The lowest BCUT2D eigenvalue weighted by Crippen LogP contribution is -2.27. The summed E-state index contributed by atoms with van der Waals surface area (Å²) in [5.74, 6) is 0. The van der Waals surface area contributed by atoms with Gasteiger partial charge in [0.15, 0.2) is 0 Å². The molecule has 1 aromatic heterocycles. The first kappa shape index (κ1) is 11.0. The fourth-order valence-corrected chi connectivity index (χ4v) is 2.40. The highest BCUT2D eigenvalue weighted by atomic mass is 79.9. The van der Waals surface area contributed by atoms with Gasteiger partial charge in [-0.1, -0.05) is 0 Å². The van der Waals surface area contributed by atoms with Crippen LogP contribution in [0.4, 0.5) is 13.2 Å². The Labute approximate surface area is 85.9 Å². The Kier molecular flexibility index (Phi) is 3.04. The van der Waals surface area contributed by atoms with Crippen molar-refractivity contribution in [1.82, 2.24) is 0 Å². The van der Waals surface area contributed by atoms with Crippen LogP contribution in [-0.2, 0) is 0 Å². The van der Waals surface area contributed by atoms with E-state index in [4.69, 9.17) is 5.73 Å². The topological polar surface area (TPSA) is 26.0 Å². The highest BCUT2D eigenvalue weighted by Gasteiger charge is 2.38. The molecule has 1 atom stereocenters. The van der Waals surface area contributed by atoms with Crippen LogP contribution in [0.1, 0.15) is 16.5 Å². The SMILES string of the molecule is Cc1cc([C@H](N)C(F)(F)F)sc1Br. The minimum absolute atomic E-state index is 0.136. The van der Waals surface area contributed by atoms with E-state index in [9.17, 15) is 13.2 Å². The van der Waals surface area contributed by atoms with Crippen molar-refractivity contribution in [2.45, 2.75) is 19.1 Å². The molecule has 0 aliphatic rings. The average Bonchev–Trinajstić information content (AvgIpc) is 2.29. The third-order valence-electron chi connectivity index (χ3n) is 1.54. The zero-order valence-electron chi connectivity index (χ0n) is 6.65. The van der Waals surface area contributed by atoms with Crippen LogP contribution in [0.3, 0.4) is 0 Å². The van der Waals surface area contributed by atoms with Crippen molar-refractivity contribution < 1.29 is 13.2 Å². The third-order valence-corrected chi connectivity index (χ3v) is 3.76. The first-order chi connectivity index (χ1) is 5.82. The smallest absolute Gasteiger partial charge is 0.316 e. The van der Waals surface area contributed by atoms with Gasteiger partial charge in [0.25, 0.3) is 0 Å². The maximum Gasteiger partial charge on any atom is 0.408 e. The third kappa shape index (κ3) is 2.45. The van der Waals surface area contributed by atoms with Gasteiger partial charge in [-0.15, -0.1) is 11.3 Å². The lowest BCUT2D eigenvalue weighted by molar-refractivity contribution is -0.148. The minimum atomic E-state index is -4.36. The fourth-order valence-electron chi connectivity index (χ4n) is 0.798. The Hall–Kier alpha value is -0.0700. The van der Waals surface area contributed by atoms with Crippen molar-refractivity contribution in [2.75, 3.05) is 0 Å². The molecule has 0 aromatic carbocycles. The fraction of sp³-hybridized carbons (Fsp3) is 0.429. The highest BCUT2D eigenvalue weighted by Crippen LogP contribution is 2.37. The van der Waals surface area contributed by atoms with Crippen molar-refractivity contribution in [2.24, 2.45) is 5.73 Å². The van der Waals surface area contributed by atoms with E-state index in [-0.39, 0.29) is 4.88 Å². The number of nitrogens with two attached hydrogens (primary N) is 1. The van der Waals surface area contributed by atoms with Crippen LogP contribution in [-0.4, -0.2) is 6.18 Å². The normalized spacial score (nSPS) is 14.6. The molecule has 1 heterocycles. The number of alkyl halides is 3. The van der Waals surface area contributed by atoms with Crippen molar-refractivity contribution in [3.05, 3.63) is 20.3 Å². The first-order valence-electron chi connectivity index (χ1n) is 3.40. The second-order valence-corrected chi connectivity index (χ2v) is 5.03. The van der Waals surface area contributed by atoms with Gasteiger partial charge in [0.1, 0.15) is 6.04 Å². The van der Waals surface area contributed by atoms with Crippen LogP contribution in [0.25, 0.3) is 0 Å². The van der Waals surface area contributed by atoms with Gasteiger partial charge in [-0.3, -0.25) is 0 Å². The van der Waals surface area contributed by atoms with Crippen LogP contribution in [0.5, 0.6) is 0 Å². The predicted octanol–water partition coefficient (Wildman–Crippen LogP) is 3.38. The van der Waals surface area contributed by atoms with Crippen LogP contribution >= 0.6 is 27.3 Å². The van der Waals surface area contributed by atoms with Gasteiger partial charge in [-0.05, 0) is 34.5 Å². The van der Waals surface area contributed by atoms with E-state index in [1.807, 2.05) is 0 Å². The molecule has 0 amide bonds. The number of halogens is 4. The van der Waals surface area contributed by atoms with Crippen molar-refractivity contribution >= 4 is 27.3 Å². The summed E-state index contributed by atoms with van der Waals surface area (Å²) >= 11 is 4.17. The van der Waals surface area contributed by atoms with Crippen molar-refractivity contribution in [3.63, 3.8) is 0 Å².